The molecule has 2 aliphatic rings. The highest BCUT2D eigenvalue weighted by molar-refractivity contribution is 9.10. The molecule has 0 saturated carbocycles. The molecule has 1 fully saturated rings. The Balaban J connectivity index is 1.79. The Morgan fingerprint density at radius 2 is 2.18 bits per heavy atom. The number of piperidine rings is 1. The molecule has 0 bridgehead atoms. The average Bonchev–Trinajstić information content (AvgIpc) is 3.10. The van der Waals surface area contributed by atoms with Gasteiger partial charge in [-0.3, -0.25) is 0 Å². The number of hydrogen-bond donors (Lipinski definition) is 1. The molecule has 1 N–H and O–H groups in total. The lowest BCUT2D eigenvalue weighted by Crippen LogP contribution is -2.31. The molecule has 2 aliphatic heterocycles. The van der Waals surface area contributed by atoms with Gasteiger partial charge in [-0.1, -0.05) is 12.1 Å². The van der Waals surface area contributed by atoms with Crippen molar-refractivity contribution in [3.63, 3.8) is 0 Å². The number of halogens is 1. The number of aromatic nitrogens is 2. The highest BCUT2D eigenvalue weighted by Gasteiger charge is 2.30. The first-order valence-corrected chi connectivity index (χ1v) is 8.82. The van der Waals surface area contributed by atoms with Crippen LogP contribution in [0.5, 0.6) is 0 Å². The van der Waals surface area contributed by atoms with E-state index in [1.807, 2.05) is 6.07 Å². The van der Waals surface area contributed by atoms with E-state index in [0.29, 0.717) is 5.92 Å². The molecule has 5 heteroatoms. The Labute approximate surface area is 139 Å². The van der Waals surface area contributed by atoms with Gasteiger partial charge in [0.2, 0.25) is 0 Å². The van der Waals surface area contributed by atoms with E-state index in [2.05, 4.69) is 56.1 Å². The Morgan fingerprint density at radius 1 is 1.32 bits per heavy atom. The topological polar surface area (TPSA) is 33.1 Å². The molecule has 2 aromatic rings. The van der Waals surface area contributed by atoms with Gasteiger partial charge in [-0.15, -0.1) is 0 Å². The third kappa shape index (κ3) is 2.36. The number of likely N-dealkylation sites (N-methyl/N-ethyl adjacent to an activating group) is 1. The second-order valence-corrected chi connectivity index (χ2v) is 7.21. The van der Waals surface area contributed by atoms with Gasteiger partial charge in [0.15, 0.2) is 0 Å². The van der Waals surface area contributed by atoms with Crippen molar-refractivity contribution in [1.82, 2.24) is 14.7 Å². The molecule has 0 aliphatic carbocycles. The molecule has 22 heavy (non-hydrogen) atoms. The Hall–Kier alpha value is -1.33. The van der Waals surface area contributed by atoms with E-state index in [1.54, 1.807) is 0 Å². The summed E-state index contributed by atoms with van der Waals surface area (Å²) >= 11 is 3.66. The number of anilines is 1. The number of rotatable bonds is 2. The van der Waals surface area contributed by atoms with Gasteiger partial charge < -0.3 is 10.2 Å². The molecular formula is C17H21BrN4. The van der Waals surface area contributed by atoms with Crippen LogP contribution in [-0.4, -0.2) is 41.4 Å². The fourth-order valence-corrected chi connectivity index (χ4v) is 4.17. The van der Waals surface area contributed by atoms with Crippen molar-refractivity contribution >= 4 is 21.7 Å². The fraction of sp³-hybridized carbons (Fsp3) is 0.471. The monoisotopic (exact) mass is 360 g/mol. The van der Waals surface area contributed by atoms with Crippen molar-refractivity contribution in [2.75, 3.05) is 32.0 Å². The third-order valence-electron chi connectivity index (χ3n) is 4.77. The standard InChI is InChI=1S/C17H21BrN4/c1-21-10-4-5-12(11-21)16-13-8-9-19-17(13)22(20-16)15-7-3-2-6-14(15)18/h2-3,6-7,12,19H,4-5,8-11H2,1H3. The van der Waals surface area contributed by atoms with Gasteiger partial charge in [0.1, 0.15) is 5.82 Å². The van der Waals surface area contributed by atoms with Crippen LogP contribution in [-0.2, 0) is 6.42 Å². The molecule has 0 radical (unpaired) electrons. The molecule has 1 atom stereocenters. The fourth-order valence-electron chi connectivity index (χ4n) is 3.72. The highest BCUT2D eigenvalue weighted by atomic mass is 79.9. The van der Waals surface area contributed by atoms with E-state index in [9.17, 15) is 0 Å². The van der Waals surface area contributed by atoms with Gasteiger partial charge in [-0.2, -0.15) is 5.10 Å². The van der Waals surface area contributed by atoms with Gasteiger partial charge in [0, 0.05) is 29.0 Å². The summed E-state index contributed by atoms with van der Waals surface area (Å²) in [6.07, 6.45) is 3.62. The second kappa shape index (κ2) is 5.70. The van der Waals surface area contributed by atoms with Gasteiger partial charge in [-0.05, 0) is 60.9 Å². The number of nitrogens with one attached hydrogen (secondary N) is 1. The van der Waals surface area contributed by atoms with Crippen LogP contribution in [0.15, 0.2) is 28.7 Å². The predicted molar refractivity (Wildman–Crippen MR) is 92.9 cm³/mol. The van der Waals surface area contributed by atoms with Crippen LogP contribution < -0.4 is 5.32 Å². The number of benzene rings is 1. The van der Waals surface area contributed by atoms with E-state index in [1.165, 1.54) is 36.5 Å². The summed E-state index contributed by atoms with van der Waals surface area (Å²) in [5.74, 6) is 1.76. The van der Waals surface area contributed by atoms with Crippen molar-refractivity contribution in [3.05, 3.63) is 40.0 Å². The van der Waals surface area contributed by atoms with Crippen LogP contribution in [0.4, 0.5) is 5.82 Å². The molecular weight excluding hydrogens is 340 g/mol. The van der Waals surface area contributed by atoms with E-state index in [-0.39, 0.29) is 0 Å². The smallest absolute Gasteiger partial charge is 0.133 e. The van der Waals surface area contributed by atoms with Crippen molar-refractivity contribution in [3.8, 4) is 5.69 Å². The van der Waals surface area contributed by atoms with Crippen LogP contribution in [0, 0.1) is 0 Å². The Kier molecular flexibility index (Phi) is 3.70. The van der Waals surface area contributed by atoms with Gasteiger partial charge in [-0.25, -0.2) is 4.68 Å². The van der Waals surface area contributed by atoms with Crippen LogP contribution in [0.25, 0.3) is 5.69 Å². The molecule has 3 heterocycles. The first-order chi connectivity index (χ1) is 10.7. The van der Waals surface area contributed by atoms with Gasteiger partial charge in [0.25, 0.3) is 0 Å². The molecule has 0 spiro atoms. The zero-order valence-corrected chi connectivity index (χ0v) is 14.4. The van der Waals surface area contributed by atoms with E-state index in [4.69, 9.17) is 5.10 Å². The maximum atomic E-state index is 5.02. The lowest BCUT2D eigenvalue weighted by Gasteiger charge is -2.29. The number of likely N-dealkylation sites (tertiary alicyclic amines) is 1. The molecule has 116 valence electrons. The average molecular weight is 361 g/mol. The third-order valence-corrected chi connectivity index (χ3v) is 5.44. The van der Waals surface area contributed by atoms with E-state index < -0.39 is 0 Å². The van der Waals surface area contributed by atoms with Crippen LogP contribution in [0.2, 0.25) is 0 Å². The number of para-hydroxylation sites is 1. The van der Waals surface area contributed by atoms with Gasteiger partial charge in [0.05, 0.1) is 11.4 Å². The van der Waals surface area contributed by atoms with Crippen molar-refractivity contribution in [1.29, 1.82) is 0 Å². The molecule has 4 nitrogen and oxygen atoms in total. The summed E-state index contributed by atoms with van der Waals surface area (Å²) in [6, 6.07) is 8.31. The van der Waals surface area contributed by atoms with Crippen LogP contribution >= 0.6 is 15.9 Å². The second-order valence-electron chi connectivity index (χ2n) is 6.35. The SMILES string of the molecule is CN1CCCC(c2nn(-c3ccccc3Br)c3c2CCN3)C1. The summed E-state index contributed by atoms with van der Waals surface area (Å²) in [7, 11) is 2.22. The zero-order chi connectivity index (χ0) is 15.1. The summed E-state index contributed by atoms with van der Waals surface area (Å²) in [6.45, 7) is 3.36. The summed E-state index contributed by atoms with van der Waals surface area (Å²) in [4.78, 5) is 2.43. The van der Waals surface area contributed by atoms with Crippen LogP contribution in [0.1, 0.15) is 30.0 Å². The normalized spacial score (nSPS) is 21.6. The van der Waals surface area contributed by atoms with Crippen molar-refractivity contribution < 1.29 is 0 Å². The maximum Gasteiger partial charge on any atom is 0.133 e. The summed E-state index contributed by atoms with van der Waals surface area (Å²) in [5, 5.41) is 8.55. The summed E-state index contributed by atoms with van der Waals surface area (Å²) in [5.41, 5.74) is 3.85. The highest BCUT2D eigenvalue weighted by Crippen LogP contribution is 2.37. The molecule has 1 aromatic heterocycles. The zero-order valence-electron chi connectivity index (χ0n) is 12.8. The lowest BCUT2D eigenvalue weighted by molar-refractivity contribution is 0.247. The van der Waals surface area contributed by atoms with Crippen LogP contribution in [0.3, 0.4) is 0 Å². The minimum absolute atomic E-state index is 0.566. The minimum atomic E-state index is 0.566. The Bertz CT molecular complexity index is 694. The predicted octanol–water partition coefficient (Wildman–Crippen LogP) is 3.41. The largest absolute Gasteiger partial charge is 0.369 e. The van der Waals surface area contributed by atoms with Crippen molar-refractivity contribution in [2.45, 2.75) is 25.2 Å². The number of nitrogens with zero attached hydrogens (tertiary/aromatic N) is 3. The minimum Gasteiger partial charge on any atom is -0.369 e. The van der Waals surface area contributed by atoms with Gasteiger partial charge >= 0.3 is 0 Å². The number of hydrogen-bond acceptors (Lipinski definition) is 3. The van der Waals surface area contributed by atoms with E-state index >= 15 is 0 Å². The maximum absolute atomic E-state index is 5.02. The first kappa shape index (κ1) is 14.3. The van der Waals surface area contributed by atoms with Crippen molar-refractivity contribution in [2.24, 2.45) is 0 Å². The number of fused-ring (bicyclic) bond motifs is 1. The molecule has 1 aromatic carbocycles. The molecule has 0 amide bonds. The lowest BCUT2D eigenvalue weighted by atomic mass is 9.92. The summed E-state index contributed by atoms with van der Waals surface area (Å²) < 4.78 is 3.18. The van der Waals surface area contributed by atoms with E-state index in [0.717, 1.165) is 29.7 Å². The molecule has 1 saturated heterocycles. The molecule has 4 rings (SSSR count). The first-order valence-electron chi connectivity index (χ1n) is 8.03. The Morgan fingerprint density at radius 3 is 3.00 bits per heavy atom. The molecule has 1 unspecified atom stereocenters. The quantitative estimate of drug-likeness (QED) is 0.890.